The van der Waals surface area contributed by atoms with Gasteiger partial charge in [0.15, 0.2) is 0 Å². The molecule has 2 heterocycles. The van der Waals surface area contributed by atoms with E-state index in [1.54, 1.807) is 0 Å². The van der Waals surface area contributed by atoms with E-state index in [0.29, 0.717) is 6.04 Å². The molecule has 0 aliphatic heterocycles. The van der Waals surface area contributed by atoms with Crippen molar-refractivity contribution in [1.29, 1.82) is 0 Å². The van der Waals surface area contributed by atoms with Gasteiger partial charge in [0.2, 0.25) is 0 Å². The third-order valence-electron chi connectivity index (χ3n) is 3.56. The highest BCUT2D eigenvalue weighted by Crippen LogP contribution is 2.20. The summed E-state index contributed by atoms with van der Waals surface area (Å²) >= 11 is 1.82. The van der Waals surface area contributed by atoms with Crippen molar-refractivity contribution >= 4 is 11.3 Å². The highest BCUT2D eigenvalue weighted by Gasteiger charge is 2.10. The number of aryl methyl sites for hydroxylation is 1. The number of nitrogens with one attached hydrogen (secondary N) is 1. The molecular formula is C15H22N2S. The first-order valence-electron chi connectivity index (χ1n) is 6.55. The zero-order chi connectivity index (χ0) is 13.1. The van der Waals surface area contributed by atoms with Gasteiger partial charge in [-0.25, -0.2) is 0 Å². The predicted octanol–water partition coefficient (Wildman–Crippen LogP) is 4.04. The van der Waals surface area contributed by atoms with Gasteiger partial charge in [-0.05, 0) is 50.8 Å². The van der Waals surface area contributed by atoms with Gasteiger partial charge in [0, 0.05) is 35.4 Å². The summed E-state index contributed by atoms with van der Waals surface area (Å²) in [7, 11) is 0. The molecule has 0 spiro atoms. The molecule has 0 saturated heterocycles. The van der Waals surface area contributed by atoms with E-state index in [-0.39, 0.29) is 0 Å². The van der Waals surface area contributed by atoms with Crippen molar-refractivity contribution in [3.05, 3.63) is 45.4 Å². The molecule has 3 heteroatoms. The summed E-state index contributed by atoms with van der Waals surface area (Å²) in [6, 6.07) is 7.03. The Kier molecular flexibility index (Phi) is 4.25. The average Bonchev–Trinajstić information content (AvgIpc) is 2.95. The summed E-state index contributed by atoms with van der Waals surface area (Å²) in [6.45, 7) is 10.8. The van der Waals surface area contributed by atoms with Gasteiger partial charge in [0.1, 0.15) is 0 Å². The minimum Gasteiger partial charge on any atom is -0.349 e. The van der Waals surface area contributed by atoms with Gasteiger partial charge in [-0.1, -0.05) is 6.07 Å². The summed E-state index contributed by atoms with van der Waals surface area (Å²) in [5, 5.41) is 5.74. The van der Waals surface area contributed by atoms with Crippen molar-refractivity contribution < 1.29 is 0 Å². The van der Waals surface area contributed by atoms with E-state index in [9.17, 15) is 0 Å². The third-order valence-corrected chi connectivity index (χ3v) is 4.62. The number of hydrogen-bond donors (Lipinski definition) is 1. The fourth-order valence-corrected chi connectivity index (χ4v) is 3.20. The quantitative estimate of drug-likeness (QED) is 0.860. The van der Waals surface area contributed by atoms with Crippen molar-refractivity contribution in [2.45, 2.75) is 46.8 Å². The van der Waals surface area contributed by atoms with Crippen molar-refractivity contribution in [2.24, 2.45) is 0 Å². The van der Waals surface area contributed by atoms with E-state index >= 15 is 0 Å². The van der Waals surface area contributed by atoms with E-state index in [4.69, 9.17) is 0 Å². The molecule has 0 amide bonds. The first-order valence-corrected chi connectivity index (χ1v) is 7.43. The molecule has 98 valence electrons. The van der Waals surface area contributed by atoms with Crippen LogP contribution in [-0.4, -0.2) is 4.57 Å². The molecule has 0 bridgehead atoms. The van der Waals surface area contributed by atoms with Gasteiger partial charge in [-0.15, -0.1) is 11.3 Å². The molecule has 1 N–H and O–H groups in total. The molecule has 1 unspecified atom stereocenters. The molecule has 0 radical (unpaired) electrons. The zero-order valence-corrected chi connectivity index (χ0v) is 12.5. The Bertz CT molecular complexity index is 497. The van der Waals surface area contributed by atoms with Crippen LogP contribution in [0.15, 0.2) is 23.6 Å². The molecule has 0 aliphatic carbocycles. The Morgan fingerprint density at radius 2 is 2.17 bits per heavy atom. The maximum Gasteiger partial charge on any atom is 0.0388 e. The number of aromatic nitrogens is 1. The lowest BCUT2D eigenvalue weighted by atomic mass is 10.2. The molecule has 18 heavy (non-hydrogen) atoms. The first kappa shape index (κ1) is 13.4. The van der Waals surface area contributed by atoms with Gasteiger partial charge in [0.25, 0.3) is 0 Å². The van der Waals surface area contributed by atoms with Gasteiger partial charge in [0.05, 0.1) is 0 Å². The molecule has 2 aromatic rings. The summed E-state index contributed by atoms with van der Waals surface area (Å²) < 4.78 is 2.37. The Balaban J connectivity index is 2.02. The van der Waals surface area contributed by atoms with Gasteiger partial charge < -0.3 is 9.88 Å². The Morgan fingerprint density at radius 1 is 1.39 bits per heavy atom. The van der Waals surface area contributed by atoms with Crippen molar-refractivity contribution in [3.63, 3.8) is 0 Å². The zero-order valence-electron chi connectivity index (χ0n) is 11.7. The number of thiophene rings is 1. The second kappa shape index (κ2) is 5.72. The Labute approximate surface area is 114 Å². The van der Waals surface area contributed by atoms with E-state index in [1.165, 1.54) is 21.8 Å². The molecule has 0 aromatic carbocycles. The summed E-state index contributed by atoms with van der Waals surface area (Å²) in [6.07, 6.45) is 0. The number of rotatable bonds is 5. The van der Waals surface area contributed by atoms with Crippen LogP contribution >= 0.6 is 11.3 Å². The van der Waals surface area contributed by atoms with Crippen LogP contribution in [0.25, 0.3) is 0 Å². The van der Waals surface area contributed by atoms with E-state index < -0.39 is 0 Å². The molecule has 1 atom stereocenters. The molecule has 0 fully saturated rings. The van der Waals surface area contributed by atoms with Crippen LogP contribution in [0.4, 0.5) is 0 Å². The van der Waals surface area contributed by atoms with Crippen LogP contribution < -0.4 is 5.32 Å². The van der Waals surface area contributed by atoms with Gasteiger partial charge in [-0.3, -0.25) is 0 Å². The maximum atomic E-state index is 3.60. The topological polar surface area (TPSA) is 17.0 Å². The normalized spacial score (nSPS) is 12.9. The van der Waals surface area contributed by atoms with Crippen LogP contribution in [0.3, 0.4) is 0 Å². The second-order valence-corrected chi connectivity index (χ2v) is 5.74. The molecule has 0 aliphatic rings. The largest absolute Gasteiger partial charge is 0.349 e. The lowest BCUT2D eigenvalue weighted by Gasteiger charge is -2.12. The van der Waals surface area contributed by atoms with Gasteiger partial charge in [-0.2, -0.15) is 0 Å². The molecule has 2 nitrogen and oxygen atoms in total. The van der Waals surface area contributed by atoms with Crippen LogP contribution in [-0.2, 0) is 13.1 Å². The van der Waals surface area contributed by atoms with Gasteiger partial charge >= 0.3 is 0 Å². The highest BCUT2D eigenvalue weighted by atomic mass is 32.1. The van der Waals surface area contributed by atoms with E-state index in [0.717, 1.165) is 13.1 Å². The lowest BCUT2D eigenvalue weighted by molar-refractivity contribution is 0.579. The van der Waals surface area contributed by atoms with E-state index in [1.807, 2.05) is 11.3 Å². The minimum atomic E-state index is 0.426. The van der Waals surface area contributed by atoms with Crippen LogP contribution in [0.1, 0.15) is 41.7 Å². The predicted molar refractivity (Wildman–Crippen MR) is 79.2 cm³/mol. The van der Waals surface area contributed by atoms with E-state index in [2.05, 4.69) is 61.2 Å². The fraction of sp³-hybridized carbons (Fsp3) is 0.467. The summed E-state index contributed by atoms with van der Waals surface area (Å²) in [4.78, 5) is 1.40. The molecule has 2 rings (SSSR count). The van der Waals surface area contributed by atoms with Crippen LogP contribution in [0, 0.1) is 13.8 Å². The smallest absolute Gasteiger partial charge is 0.0388 e. The first-order chi connectivity index (χ1) is 8.63. The third kappa shape index (κ3) is 2.68. The van der Waals surface area contributed by atoms with Crippen molar-refractivity contribution in [3.8, 4) is 0 Å². The van der Waals surface area contributed by atoms with Crippen LogP contribution in [0.2, 0.25) is 0 Å². The monoisotopic (exact) mass is 262 g/mol. The standard InChI is InChI=1S/C15H22N2S/c1-5-17-11(2)9-14(13(17)4)10-16-12(3)15-7-6-8-18-15/h6-9,12,16H,5,10H2,1-4H3. The number of hydrogen-bond acceptors (Lipinski definition) is 2. The second-order valence-electron chi connectivity index (χ2n) is 4.76. The highest BCUT2D eigenvalue weighted by molar-refractivity contribution is 7.10. The fourth-order valence-electron chi connectivity index (χ4n) is 2.44. The molecule has 0 saturated carbocycles. The van der Waals surface area contributed by atoms with Crippen molar-refractivity contribution in [2.75, 3.05) is 0 Å². The van der Waals surface area contributed by atoms with Crippen molar-refractivity contribution in [1.82, 2.24) is 9.88 Å². The average molecular weight is 262 g/mol. The molecular weight excluding hydrogens is 240 g/mol. The van der Waals surface area contributed by atoms with Crippen LogP contribution in [0.5, 0.6) is 0 Å². The maximum absolute atomic E-state index is 3.60. The summed E-state index contributed by atoms with van der Waals surface area (Å²) in [5.74, 6) is 0. The Morgan fingerprint density at radius 3 is 2.72 bits per heavy atom. The lowest BCUT2D eigenvalue weighted by Crippen LogP contribution is -2.17. The number of nitrogens with zero attached hydrogens (tertiary/aromatic N) is 1. The molecule has 2 aromatic heterocycles. The minimum absolute atomic E-state index is 0.426. The summed E-state index contributed by atoms with van der Waals surface area (Å²) in [5.41, 5.74) is 4.16. The SMILES string of the molecule is CCn1c(C)cc(CNC(C)c2cccs2)c1C. The Hall–Kier alpha value is -1.06.